The normalized spacial score (nSPS) is 21.3. The van der Waals surface area contributed by atoms with Gasteiger partial charge < -0.3 is 14.4 Å². The first-order valence-electron chi connectivity index (χ1n) is 8.84. The molecule has 0 radical (unpaired) electrons. The van der Waals surface area contributed by atoms with E-state index in [4.69, 9.17) is 9.47 Å². The molecule has 0 saturated carbocycles. The molecule has 2 aromatic rings. The fourth-order valence-corrected chi connectivity index (χ4v) is 3.57. The number of piperidine rings is 1. The quantitative estimate of drug-likeness (QED) is 0.837. The lowest BCUT2D eigenvalue weighted by Gasteiger charge is -2.34. The minimum absolute atomic E-state index is 0.140. The SMILES string of the molecule is Cc1c(C(=O)N2CCCC(C3OCCO3)C2)nnn1-c1ccc(F)cc1. The first-order valence-corrected chi connectivity index (χ1v) is 8.84. The number of benzene rings is 1. The smallest absolute Gasteiger partial charge is 0.276 e. The van der Waals surface area contributed by atoms with E-state index in [0.29, 0.717) is 43.4 Å². The van der Waals surface area contributed by atoms with Crippen LogP contribution >= 0.6 is 0 Å². The fourth-order valence-electron chi connectivity index (χ4n) is 3.57. The number of aromatic nitrogens is 3. The van der Waals surface area contributed by atoms with E-state index in [9.17, 15) is 9.18 Å². The second-order valence-corrected chi connectivity index (χ2v) is 6.68. The predicted molar refractivity (Wildman–Crippen MR) is 90.4 cm³/mol. The average Bonchev–Trinajstić information content (AvgIpc) is 3.32. The van der Waals surface area contributed by atoms with Gasteiger partial charge in [0.05, 0.1) is 24.6 Å². The number of carbonyl (C=O) groups is 1. The molecule has 1 amide bonds. The van der Waals surface area contributed by atoms with E-state index in [-0.39, 0.29) is 23.9 Å². The summed E-state index contributed by atoms with van der Waals surface area (Å²) in [5, 5.41) is 8.15. The maximum Gasteiger partial charge on any atom is 0.276 e. The minimum Gasteiger partial charge on any atom is -0.350 e. The number of ether oxygens (including phenoxy) is 2. The molecule has 2 fully saturated rings. The topological polar surface area (TPSA) is 69.5 Å². The van der Waals surface area contributed by atoms with E-state index in [0.717, 1.165) is 12.8 Å². The zero-order chi connectivity index (χ0) is 18.1. The fraction of sp³-hybridized carbons (Fsp3) is 0.500. The zero-order valence-electron chi connectivity index (χ0n) is 14.6. The van der Waals surface area contributed by atoms with Gasteiger partial charge in [0.2, 0.25) is 0 Å². The molecule has 2 aliphatic heterocycles. The van der Waals surface area contributed by atoms with Crippen LogP contribution in [0.5, 0.6) is 0 Å². The van der Waals surface area contributed by atoms with Crippen LogP contribution < -0.4 is 0 Å². The first kappa shape index (κ1) is 17.1. The van der Waals surface area contributed by atoms with Crippen LogP contribution in [0.25, 0.3) is 5.69 Å². The molecule has 2 saturated heterocycles. The molecule has 2 aliphatic rings. The third kappa shape index (κ3) is 3.22. The van der Waals surface area contributed by atoms with Crippen LogP contribution in [0.4, 0.5) is 4.39 Å². The number of carbonyl (C=O) groups excluding carboxylic acids is 1. The second-order valence-electron chi connectivity index (χ2n) is 6.68. The highest BCUT2D eigenvalue weighted by atomic mass is 19.1. The molecule has 1 aromatic carbocycles. The van der Waals surface area contributed by atoms with Crippen LogP contribution in [0, 0.1) is 18.7 Å². The lowest BCUT2D eigenvalue weighted by Crippen LogP contribution is -2.44. The molecule has 0 N–H and O–H groups in total. The van der Waals surface area contributed by atoms with Crippen LogP contribution in [0.3, 0.4) is 0 Å². The molecule has 138 valence electrons. The van der Waals surface area contributed by atoms with Crippen molar-refractivity contribution in [2.75, 3.05) is 26.3 Å². The summed E-state index contributed by atoms with van der Waals surface area (Å²) in [6, 6.07) is 5.93. The molecule has 0 spiro atoms. The number of hydrogen-bond acceptors (Lipinski definition) is 5. The van der Waals surface area contributed by atoms with Gasteiger partial charge in [-0.15, -0.1) is 5.10 Å². The van der Waals surface area contributed by atoms with Gasteiger partial charge in [0.25, 0.3) is 5.91 Å². The Hall–Kier alpha value is -2.32. The molecule has 0 bridgehead atoms. The van der Waals surface area contributed by atoms with Gasteiger partial charge in [0, 0.05) is 19.0 Å². The summed E-state index contributed by atoms with van der Waals surface area (Å²) in [5.74, 6) is -0.278. The van der Waals surface area contributed by atoms with Crippen molar-refractivity contribution in [1.29, 1.82) is 0 Å². The van der Waals surface area contributed by atoms with Gasteiger partial charge >= 0.3 is 0 Å². The summed E-state index contributed by atoms with van der Waals surface area (Å²) in [4.78, 5) is 14.7. The Bertz CT molecular complexity index is 786. The van der Waals surface area contributed by atoms with Crippen molar-refractivity contribution in [3.05, 3.63) is 41.5 Å². The highest BCUT2D eigenvalue weighted by Gasteiger charge is 2.34. The third-order valence-electron chi connectivity index (χ3n) is 4.95. The highest BCUT2D eigenvalue weighted by Crippen LogP contribution is 2.26. The van der Waals surface area contributed by atoms with Crippen LogP contribution in [-0.2, 0) is 9.47 Å². The first-order chi connectivity index (χ1) is 12.6. The van der Waals surface area contributed by atoms with Crippen LogP contribution in [0.15, 0.2) is 24.3 Å². The Morgan fingerprint density at radius 2 is 1.96 bits per heavy atom. The lowest BCUT2D eigenvalue weighted by atomic mass is 9.97. The Morgan fingerprint density at radius 3 is 2.69 bits per heavy atom. The van der Waals surface area contributed by atoms with Crippen LogP contribution in [0.2, 0.25) is 0 Å². The van der Waals surface area contributed by atoms with E-state index >= 15 is 0 Å². The van der Waals surface area contributed by atoms with Gasteiger partial charge in [-0.2, -0.15) is 0 Å². The van der Waals surface area contributed by atoms with Gasteiger partial charge in [-0.3, -0.25) is 4.79 Å². The van der Waals surface area contributed by atoms with E-state index < -0.39 is 0 Å². The van der Waals surface area contributed by atoms with Crippen LogP contribution in [0.1, 0.15) is 29.0 Å². The van der Waals surface area contributed by atoms with Crippen molar-refractivity contribution in [3.8, 4) is 5.69 Å². The maximum absolute atomic E-state index is 13.1. The Labute approximate surface area is 150 Å². The number of amides is 1. The number of likely N-dealkylation sites (tertiary alicyclic amines) is 1. The third-order valence-corrected chi connectivity index (χ3v) is 4.95. The van der Waals surface area contributed by atoms with Crippen molar-refractivity contribution in [1.82, 2.24) is 19.9 Å². The summed E-state index contributed by atoms with van der Waals surface area (Å²) in [6.07, 6.45) is 1.67. The van der Waals surface area contributed by atoms with Crippen molar-refractivity contribution < 1.29 is 18.7 Å². The summed E-state index contributed by atoms with van der Waals surface area (Å²) in [7, 11) is 0. The van der Waals surface area contributed by atoms with E-state index in [1.807, 2.05) is 0 Å². The molecule has 4 rings (SSSR count). The number of hydrogen-bond donors (Lipinski definition) is 0. The highest BCUT2D eigenvalue weighted by molar-refractivity contribution is 5.93. The zero-order valence-corrected chi connectivity index (χ0v) is 14.6. The summed E-state index contributed by atoms with van der Waals surface area (Å²) in [6.45, 7) is 4.29. The number of rotatable bonds is 3. The van der Waals surface area contributed by atoms with Gasteiger partial charge in [0.1, 0.15) is 5.82 Å². The molecule has 0 aliphatic carbocycles. The van der Waals surface area contributed by atoms with E-state index in [2.05, 4.69) is 10.3 Å². The Morgan fingerprint density at radius 1 is 1.23 bits per heavy atom. The van der Waals surface area contributed by atoms with Crippen molar-refractivity contribution in [2.45, 2.75) is 26.1 Å². The van der Waals surface area contributed by atoms with Crippen LogP contribution in [-0.4, -0.2) is 58.4 Å². The minimum atomic E-state index is -0.321. The summed E-state index contributed by atoms with van der Waals surface area (Å²) >= 11 is 0. The largest absolute Gasteiger partial charge is 0.350 e. The molecular formula is C18H21FN4O3. The summed E-state index contributed by atoms with van der Waals surface area (Å²) in [5.41, 5.74) is 1.63. The Kier molecular flexibility index (Phi) is 4.69. The van der Waals surface area contributed by atoms with Gasteiger partial charge in [0.15, 0.2) is 12.0 Å². The van der Waals surface area contributed by atoms with Gasteiger partial charge in [-0.05, 0) is 44.0 Å². The van der Waals surface area contributed by atoms with Crippen molar-refractivity contribution >= 4 is 5.91 Å². The maximum atomic E-state index is 13.1. The molecule has 1 atom stereocenters. The Balaban J connectivity index is 1.52. The van der Waals surface area contributed by atoms with E-state index in [1.165, 1.54) is 12.1 Å². The van der Waals surface area contributed by atoms with Gasteiger partial charge in [-0.1, -0.05) is 5.21 Å². The molecule has 8 heteroatoms. The molecule has 1 aromatic heterocycles. The molecule has 3 heterocycles. The van der Waals surface area contributed by atoms with Crippen molar-refractivity contribution in [2.24, 2.45) is 5.92 Å². The molecule has 1 unspecified atom stereocenters. The number of nitrogens with zero attached hydrogens (tertiary/aromatic N) is 4. The van der Waals surface area contributed by atoms with E-state index in [1.54, 1.807) is 28.6 Å². The molecule has 7 nitrogen and oxygen atoms in total. The average molecular weight is 360 g/mol. The standard InChI is InChI=1S/C18H21FN4O3/c1-12-16(20-21-23(12)15-6-4-14(19)5-7-15)17(24)22-8-2-3-13(11-22)18-25-9-10-26-18/h4-7,13,18H,2-3,8-11H2,1H3. The molecular weight excluding hydrogens is 339 g/mol. The number of halogens is 1. The monoisotopic (exact) mass is 360 g/mol. The predicted octanol–water partition coefficient (Wildman–Crippen LogP) is 1.94. The van der Waals surface area contributed by atoms with Gasteiger partial charge in [-0.25, -0.2) is 9.07 Å². The molecule has 26 heavy (non-hydrogen) atoms. The lowest BCUT2D eigenvalue weighted by molar-refractivity contribution is -0.0969. The van der Waals surface area contributed by atoms with Crippen molar-refractivity contribution in [3.63, 3.8) is 0 Å². The second kappa shape index (κ2) is 7.13. The summed E-state index contributed by atoms with van der Waals surface area (Å²) < 4.78 is 25.9.